The molecule has 1 amide bonds. The standard InChI is InChI=1S/C25H25NO3/c1-25(2)23(20-12-8-5-9-13-20)26(24(27)29-25)22(18-10-6-4-7-11-18)19-14-16-21(28-3)17-15-19/h4-17,22-23H,1-3H3/t22-,23+/m0/s1. The van der Waals surface area contributed by atoms with E-state index in [4.69, 9.17) is 9.47 Å². The molecule has 1 saturated heterocycles. The van der Waals surface area contributed by atoms with Crippen LogP contribution in [0.2, 0.25) is 0 Å². The third kappa shape index (κ3) is 3.58. The van der Waals surface area contributed by atoms with E-state index in [-0.39, 0.29) is 18.2 Å². The van der Waals surface area contributed by atoms with Crippen LogP contribution >= 0.6 is 0 Å². The number of hydrogen-bond acceptors (Lipinski definition) is 3. The predicted molar refractivity (Wildman–Crippen MR) is 113 cm³/mol. The summed E-state index contributed by atoms with van der Waals surface area (Å²) in [5.41, 5.74) is 2.44. The molecule has 0 radical (unpaired) electrons. The predicted octanol–water partition coefficient (Wildman–Crippen LogP) is 5.76. The molecule has 4 rings (SSSR count). The van der Waals surface area contributed by atoms with Crippen molar-refractivity contribution in [2.75, 3.05) is 7.11 Å². The molecule has 0 saturated carbocycles. The molecule has 0 N–H and O–H groups in total. The minimum Gasteiger partial charge on any atom is -0.497 e. The highest BCUT2D eigenvalue weighted by atomic mass is 16.6. The van der Waals surface area contributed by atoms with Crippen LogP contribution in [0.1, 0.15) is 42.6 Å². The van der Waals surface area contributed by atoms with Gasteiger partial charge in [0.15, 0.2) is 0 Å². The highest BCUT2D eigenvalue weighted by Crippen LogP contribution is 2.47. The fraction of sp³-hybridized carbons (Fsp3) is 0.240. The summed E-state index contributed by atoms with van der Waals surface area (Å²) in [7, 11) is 1.65. The Bertz CT molecular complexity index is 968. The number of ether oxygens (including phenoxy) is 2. The molecule has 3 aromatic carbocycles. The van der Waals surface area contributed by atoms with Gasteiger partial charge >= 0.3 is 6.09 Å². The highest BCUT2D eigenvalue weighted by Gasteiger charge is 2.51. The molecular formula is C25H25NO3. The maximum atomic E-state index is 13.2. The van der Waals surface area contributed by atoms with Gasteiger partial charge in [-0.1, -0.05) is 72.8 Å². The summed E-state index contributed by atoms with van der Waals surface area (Å²) in [6.07, 6.45) is -0.312. The van der Waals surface area contributed by atoms with Gasteiger partial charge in [0.05, 0.1) is 13.2 Å². The van der Waals surface area contributed by atoms with Crippen LogP contribution in [0.4, 0.5) is 4.79 Å². The maximum Gasteiger partial charge on any atom is 0.411 e. The second-order valence-electron chi connectivity index (χ2n) is 7.78. The lowest BCUT2D eigenvalue weighted by atomic mass is 9.88. The summed E-state index contributed by atoms with van der Waals surface area (Å²) in [4.78, 5) is 15.0. The molecule has 0 bridgehead atoms. The van der Waals surface area contributed by atoms with Crippen molar-refractivity contribution in [1.82, 2.24) is 4.90 Å². The number of cyclic esters (lactones) is 1. The smallest absolute Gasteiger partial charge is 0.411 e. The van der Waals surface area contributed by atoms with Crippen molar-refractivity contribution in [3.05, 3.63) is 102 Å². The zero-order valence-electron chi connectivity index (χ0n) is 16.9. The number of amides is 1. The third-order valence-corrected chi connectivity index (χ3v) is 5.44. The van der Waals surface area contributed by atoms with Crippen molar-refractivity contribution in [2.45, 2.75) is 31.5 Å². The molecule has 0 aromatic heterocycles. The van der Waals surface area contributed by atoms with Crippen molar-refractivity contribution in [1.29, 1.82) is 0 Å². The van der Waals surface area contributed by atoms with E-state index >= 15 is 0 Å². The monoisotopic (exact) mass is 387 g/mol. The summed E-state index contributed by atoms with van der Waals surface area (Å²) in [5.74, 6) is 0.782. The van der Waals surface area contributed by atoms with Crippen LogP contribution in [-0.2, 0) is 4.74 Å². The molecule has 0 spiro atoms. The lowest BCUT2D eigenvalue weighted by Gasteiger charge is -2.35. The lowest BCUT2D eigenvalue weighted by molar-refractivity contribution is 0.0672. The molecule has 1 aliphatic heterocycles. The van der Waals surface area contributed by atoms with Gasteiger partial charge in [-0.05, 0) is 42.7 Å². The molecule has 2 atom stereocenters. The topological polar surface area (TPSA) is 38.8 Å². The second kappa shape index (κ2) is 7.63. The van der Waals surface area contributed by atoms with Crippen LogP contribution in [0.25, 0.3) is 0 Å². The molecule has 0 unspecified atom stereocenters. The lowest BCUT2D eigenvalue weighted by Crippen LogP contribution is -2.37. The van der Waals surface area contributed by atoms with E-state index < -0.39 is 5.60 Å². The molecule has 148 valence electrons. The van der Waals surface area contributed by atoms with Crippen LogP contribution in [0, 0.1) is 0 Å². The number of carbonyl (C=O) groups is 1. The molecule has 4 nitrogen and oxygen atoms in total. The molecule has 4 heteroatoms. The van der Waals surface area contributed by atoms with E-state index in [1.807, 2.05) is 79.4 Å². The Labute approximate surface area is 171 Å². The Morgan fingerprint density at radius 1 is 0.862 bits per heavy atom. The first-order chi connectivity index (χ1) is 14.0. The average Bonchev–Trinajstić information content (AvgIpc) is 2.98. The van der Waals surface area contributed by atoms with Gasteiger partial charge in [-0.25, -0.2) is 4.79 Å². The van der Waals surface area contributed by atoms with Crippen LogP contribution in [0.5, 0.6) is 5.75 Å². The Morgan fingerprint density at radius 3 is 2.00 bits per heavy atom. The van der Waals surface area contributed by atoms with Gasteiger partial charge in [-0.2, -0.15) is 0 Å². The van der Waals surface area contributed by atoms with E-state index in [0.29, 0.717) is 0 Å². The molecular weight excluding hydrogens is 362 g/mol. The van der Waals surface area contributed by atoms with E-state index in [2.05, 4.69) is 24.3 Å². The fourth-order valence-corrected chi connectivity index (χ4v) is 4.16. The van der Waals surface area contributed by atoms with Gasteiger partial charge in [0, 0.05) is 0 Å². The minimum atomic E-state index is -0.655. The van der Waals surface area contributed by atoms with Crippen LogP contribution in [-0.4, -0.2) is 23.7 Å². The molecule has 3 aromatic rings. The number of rotatable bonds is 5. The Kier molecular flexibility index (Phi) is 5.01. The van der Waals surface area contributed by atoms with Crippen molar-refractivity contribution in [3.8, 4) is 5.75 Å². The third-order valence-electron chi connectivity index (χ3n) is 5.44. The maximum absolute atomic E-state index is 13.2. The number of hydrogen-bond donors (Lipinski definition) is 0. The highest BCUT2D eigenvalue weighted by molar-refractivity contribution is 5.73. The zero-order chi connectivity index (χ0) is 20.4. The number of carbonyl (C=O) groups excluding carboxylic acids is 1. The van der Waals surface area contributed by atoms with E-state index in [1.165, 1.54) is 0 Å². The van der Waals surface area contributed by atoms with Crippen LogP contribution < -0.4 is 4.74 Å². The first-order valence-corrected chi connectivity index (χ1v) is 9.76. The summed E-state index contributed by atoms with van der Waals surface area (Å²) in [6.45, 7) is 3.94. The molecule has 29 heavy (non-hydrogen) atoms. The molecule has 1 fully saturated rings. The van der Waals surface area contributed by atoms with E-state index in [9.17, 15) is 4.79 Å². The molecule has 1 heterocycles. The van der Waals surface area contributed by atoms with Gasteiger partial charge < -0.3 is 9.47 Å². The van der Waals surface area contributed by atoms with E-state index in [1.54, 1.807) is 7.11 Å². The summed E-state index contributed by atoms with van der Waals surface area (Å²) < 4.78 is 11.2. The van der Waals surface area contributed by atoms with Crippen molar-refractivity contribution in [3.63, 3.8) is 0 Å². The summed E-state index contributed by atoms with van der Waals surface area (Å²) >= 11 is 0. The largest absolute Gasteiger partial charge is 0.497 e. The van der Waals surface area contributed by atoms with Crippen molar-refractivity contribution < 1.29 is 14.3 Å². The molecule has 0 aliphatic carbocycles. The normalized spacial score (nSPS) is 18.9. The average molecular weight is 387 g/mol. The van der Waals surface area contributed by atoms with Gasteiger partial charge in [0.1, 0.15) is 17.4 Å². The zero-order valence-corrected chi connectivity index (χ0v) is 16.9. The second-order valence-corrected chi connectivity index (χ2v) is 7.78. The minimum absolute atomic E-state index is 0.219. The summed E-state index contributed by atoms with van der Waals surface area (Å²) in [6, 6.07) is 27.5. The first-order valence-electron chi connectivity index (χ1n) is 9.76. The SMILES string of the molecule is COc1ccc([C@H](c2ccccc2)N2C(=O)OC(C)(C)[C@H]2c2ccccc2)cc1. The number of nitrogens with zero attached hydrogens (tertiary/aromatic N) is 1. The van der Waals surface area contributed by atoms with Gasteiger partial charge in [-0.15, -0.1) is 0 Å². The quantitative estimate of drug-likeness (QED) is 0.559. The van der Waals surface area contributed by atoms with Crippen LogP contribution in [0.3, 0.4) is 0 Å². The van der Waals surface area contributed by atoms with E-state index in [0.717, 1.165) is 22.4 Å². The Balaban J connectivity index is 1.87. The fourth-order valence-electron chi connectivity index (χ4n) is 4.16. The van der Waals surface area contributed by atoms with Crippen LogP contribution in [0.15, 0.2) is 84.9 Å². The van der Waals surface area contributed by atoms with Gasteiger partial charge in [0.25, 0.3) is 0 Å². The van der Waals surface area contributed by atoms with Crippen molar-refractivity contribution in [2.24, 2.45) is 0 Å². The Hall–Kier alpha value is -3.27. The first kappa shape index (κ1) is 19.1. The van der Waals surface area contributed by atoms with Gasteiger partial charge in [-0.3, -0.25) is 4.90 Å². The molecule has 1 aliphatic rings. The Morgan fingerprint density at radius 2 is 1.41 bits per heavy atom. The van der Waals surface area contributed by atoms with Crippen molar-refractivity contribution >= 4 is 6.09 Å². The van der Waals surface area contributed by atoms with Gasteiger partial charge in [0.2, 0.25) is 0 Å². The number of methoxy groups -OCH3 is 1. The number of benzene rings is 3. The summed E-state index contributed by atoms with van der Waals surface area (Å²) in [5, 5.41) is 0.